The highest BCUT2D eigenvalue weighted by Crippen LogP contribution is 2.14. The molecule has 0 amide bonds. The fourth-order valence-electron chi connectivity index (χ4n) is 4.41. The van der Waals surface area contributed by atoms with E-state index in [-0.39, 0.29) is 13.2 Å². The van der Waals surface area contributed by atoms with Gasteiger partial charge in [0, 0.05) is 12.0 Å². The van der Waals surface area contributed by atoms with Crippen molar-refractivity contribution in [2.75, 3.05) is 13.2 Å². The van der Waals surface area contributed by atoms with Crippen LogP contribution in [0.5, 0.6) is 0 Å². The molecule has 4 rings (SSSR count). The summed E-state index contributed by atoms with van der Waals surface area (Å²) in [5, 5.41) is 25.3. The van der Waals surface area contributed by atoms with Gasteiger partial charge in [0.1, 0.15) is 0 Å². The fraction of sp³-hybridized carbons (Fsp3) is 0.172. The second-order valence-corrected chi connectivity index (χ2v) is 13.3. The molecular formula is C29H31BO3Si. The Hall–Kier alpha value is -2.96. The molecule has 0 aliphatic carbocycles. The normalized spacial score (nSPS) is 11.9. The largest absolute Gasteiger partial charge is 0.491 e. The van der Waals surface area contributed by atoms with Crippen LogP contribution in [0.4, 0.5) is 0 Å². The van der Waals surface area contributed by atoms with Gasteiger partial charge in [0.05, 0.1) is 6.61 Å². The van der Waals surface area contributed by atoms with E-state index >= 15 is 0 Å². The van der Waals surface area contributed by atoms with Crippen LogP contribution in [0.3, 0.4) is 0 Å². The highest BCUT2D eigenvalue weighted by molar-refractivity contribution is 7.19. The van der Waals surface area contributed by atoms with Gasteiger partial charge in [-0.1, -0.05) is 129 Å². The Bertz CT molecular complexity index is 1070. The van der Waals surface area contributed by atoms with Crippen LogP contribution >= 0.6 is 0 Å². The lowest BCUT2D eigenvalue weighted by molar-refractivity contribution is 0.0886. The quantitative estimate of drug-likeness (QED) is 0.292. The third-order valence-electron chi connectivity index (χ3n) is 6.31. The highest BCUT2D eigenvalue weighted by atomic mass is 28.3. The maximum absolute atomic E-state index is 10.6. The molecule has 0 saturated heterocycles. The third-order valence-corrected chi connectivity index (χ3v) is 11.1. The van der Waals surface area contributed by atoms with Crippen LogP contribution in [-0.4, -0.2) is 38.5 Å². The Labute approximate surface area is 203 Å². The van der Waals surface area contributed by atoms with Crippen molar-refractivity contribution in [3.63, 3.8) is 0 Å². The predicted octanol–water partition coefficient (Wildman–Crippen LogP) is 1.79. The maximum Gasteiger partial charge on any atom is 0.491 e. The van der Waals surface area contributed by atoms with Crippen molar-refractivity contribution in [1.82, 2.24) is 0 Å². The van der Waals surface area contributed by atoms with Crippen LogP contribution in [0.1, 0.15) is 13.8 Å². The van der Waals surface area contributed by atoms with Crippen LogP contribution in [0.25, 0.3) is 0 Å². The van der Waals surface area contributed by atoms with E-state index in [9.17, 15) is 10.1 Å². The Morgan fingerprint density at radius 3 is 1.41 bits per heavy atom. The summed E-state index contributed by atoms with van der Waals surface area (Å²) in [6.45, 7) is 4.08. The van der Waals surface area contributed by atoms with Crippen molar-refractivity contribution in [3.05, 3.63) is 115 Å². The molecule has 0 aliphatic rings. The monoisotopic (exact) mass is 466 g/mol. The average molecular weight is 466 g/mol. The van der Waals surface area contributed by atoms with E-state index in [4.69, 9.17) is 4.65 Å². The van der Waals surface area contributed by atoms with Crippen LogP contribution < -0.4 is 26.2 Å². The first kappa shape index (κ1) is 24.2. The van der Waals surface area contributed by atoms with E-state index in [2.05, 4.69) is 103 Å². The van der Waals surface area contributed by atoms with Crippen LogP contribution in [0, 0.1) is 5.41 Å². The van der Waals surface area contributed by atoms with Crippen LogP contribution in [0.15, 0.2) is 115 Å². The molecule has 0 bridgehead atoms. The molecule has 0 saturated carbocycles. The summed E-state index contributed by atoms with van der Waals surface area (Å²) in [5.74, 6) is 0. The summed E-state index contributed by atoms with van der Waals surface area (Å²) in [7, 11) is -3.61. The molecule has 0 unspecified atom stereocenters. The molecule has 0 fully saturated rings. The molecule has 5 heteroatoms. The number of aliphatic hydroxyl groups excluding tert-OH is 1. The Balaban J connectivity index is 1.82. The van der Waals surface area contributed by atoms with Crippen LogP contribution in [-0.2, 0) is 4.65 Å². The zero-order valence-electron chi connectivity index (χ0n) is 19.8. The maximum atomic E-state index is 10.6. The van der Waals surface area contributed by atoms with Crippen molar-refractivity contribution >= 4 is 41.4 Å². The molecule has 2 N–H and O–H groups in total. The second kappa shape index (κ2) is 10.5. The molecule has 0 heterocycles. The summed E-state index contributed by atoms with van der Waals surface area (Å²) in [4.78, 5) is 0. The van der Waals surface area contributed by atoms with Gasteiger partial charge in [0.15, 0.2) is 8.07 Å². The molecule has 0 spiro atoms. The summed E-state index contributed by atoms with van der Waals surface area (Å²) in [6, 6.07) is 40.4. The Morgan fingerprint density at radius 2 is 1.03 bits per heavy atom. The zero-order valence-corrected chi connectivity index (χ0v) is 20.8. The van der Waals surface area contributed by atoms with Crippen LogP contribution in [0.2, 0.25) is 0 Å². The summed E-state index contributed by atoms with van der Waals surface area (Å²) < 4.78 is 5.67. The SMILES string of the molecule is CC(C)(CO)COB(O)c1ccc([Si](c2ccccc2)(c2ccccc2)c2ccccc2)cc1. The summed E-state index contributed by atoms with van der Waals surface area (Å²) in [6.07, 6.45) is 0. The molecule has 0 radical (unpaired) electrons. The first-order valence-corrected chi connectivity index (χ1v) is 13.6. The van der Waals surface area contributed by atoms with Gasteiger partial charge in [-0.2, -0.15) is 0 Å². The summed E-state index contributed by atoms with van der Waals surface area (Å²) >= 11 is 0. The van der Waals surface area contributed by atoms with Crippen molar-refractivity contribution in [3.8, 4) is 0 Å². The van der Waals surface area contributed by atoms with E-state index in [1.54, 1.807) is 0 Å². The fourth-order valence-corrected chi connectivity index (χ4v) is 9.15. The minimum atomic E-state index is -2.57. The smallest absolute Gasteiger partial charge is 0.423 e. The molecule has 4 aromatic rings. The first-order chi connectivity index (χ1) is 16.5. The number of aliphatic hydroxyl groups is 1. The lowest BCUT2D eigenvalue weighted by Crippen LogP contribution is -2.74. The molecule has 172 valence electrons. The molecular weight excluding hydrogens is 435 g/mol. The van der Waals surface area contributed by atoms with E-state index < -0.39 is 20.6 Å². The van der Waals surface area contributed by atoms with Gasteiger partial charge in [0.25, 0.3) is 0 Å². The Kier molecular flexibility index (Phi) is 7.49. The van der Waals surface area contributed by atoms with Gasteiger partial charge >= 0.3 is 7.12 Å². The minimum absolute atomic E-state index is 0.00198. The summed E-state index contributed by atoms with van der Waals surface area (Å²) in [5.41, 5.74) is 0.297. The second-order valence-electron chi connectivity index (χ2n) is 9.46. The standard InChI is InChI=1S/C29H31BO3Si/c1-29(2,22-31)23-33-30(32)24-18-20-28(21-19-24)34(25-12-6-3-7-13-25,26-14-8-4-9-15-26)27-16-10-5-11-17-27/h3-21,31-32H,22-23H2,1-2H3. The van der Waals surface area contributed by atoms with Gasteiger partial charge in [-0.15, -0.1) is 0 Å². The molecule has 34 heavy (non-hydrogen) atoms. The number of benzene rings is 4. The molecule has 3 nitrogen and oxygen atoms in total. The van der Waals surface area contributed by atoms with E-state index in [1.807, 2.05) is 26.0 Å². The van der Waals surface area contributed by atoms with Gasteiger partial charge in [-0.25, -0.2) is 0 Å². The number of hydrogen-bond acceptors (Lipinski definition) is 3. The van der Waals surface area contributed by atoms with E-state index in [0.717, 1.165) is 0 Å². The molecule has 0 atom stereocenters. The third kappa shape index (κ3) is 4.93. The van der Waals surface area contributed by atoms with Crippen molar-refractivity contribution in [2.24, 2.45) is 5.41 Å². The predicted molar refractivity (Wildman–Crippen MR) is 144 cm³/mol. The lowest BCUT2D eigenvalue weighted by Gasteiger charge is -2.34. The zero-order chi connectivity index (χ0) is 24.0. The number of hydrogen-bond donors (Lipinski definition) is 2. The lowest BCUT2D eigenvalue weighted by atomic mass is 9.79. The van der Waals surface area contributed by atoms with Gasteiger partial charge in [-0.3, -0.25) is 0 Å². The molecule has 0 aliphatic heterocycles. The van der Waals surface area contributed by atoms with Gasteiger partial charge < -0.3 is 14.8 Å². The Morgan fingerprint density at radius 1 is 0.647 bits per heavy atom. The molecule has 4 aromatic carbocycles. The molecule has 0 aromatic heterocycles. The highest BCUT2D eigenvalue weighted by Gasteiger charge is 2.41. The number of rotatable bonds is 9. The topological polar surface area (TPSA) is 49.7 Å². The first-order valence-electron chi connectivity index (χ1n) is 11.6. The van der Waals surface area contributed by atoms with E-state index in [0.29, 0.717) is 5.46 Å². The van der Waals surface area contributed by atoms with Crippen molar-refractivity contribution in [1.29, 1.82) is 0 Å². The van der Waals surface area contributed by atoms with E-state index in [1.165, 1.54) is 20.7 Å². The average Bonchev–Trinajstić information content (AvgIpc) is 2.90. The minimum Gasteiger partial charge on any atom is -0.423 e. The van der Waals surface area contributed by atoms with Crippen molar-refractivity contribution in [2.45, 2.75) is 13.8 Å². The van der Waals surface area contributed by atoms with Gasteiger partial charge in [0.2, 0.25) is 0 Å². The van der Waals surface area contributed by atoms with Gasteiger partial charge in [-0.05, 0) is 26.2 Å². The van der Waals surface area contributed by atoms with Crippen molar-refractivity contribution < 1.29 is 14.8 Å².